The maximum atomic E-state index is 12.5. The lowest BCUT2D eigenvalue weighted by Crippen LogP contribution is -2.34. The van der Waals surface area contributed by atoms with E-state index in [1.807, 2.05) is 18.7 Å². The molecule has 2 unspecified atom stereocenters. The van der Waals surface area contributed by atoms with Crippen molar-refractivity contribution in [1.29, 1.82) is 0 Å². The fourth-order valence-electron chi connectivity index (χ4n) is 3.45. The highest BCUT2D eigenvalue weighted by Crippen LogP contribution is 2.26. The van der Waals surface area contributed by atoms with Gasteiger partial charge in [-0.2, -0.15) is 0 Å². The Hall–Kier alpha value is -1.73. The van der Waals surface area contributed by atoms with Crippen molar-refractivity contribution in [2.75, 3.05) is 13.1 Å². The van der Waals surface area contributed by atoms with Crippen molar-refractivity contribution in [3.8, 4) is 0 Å². The van der Waals surface area contributed by atoms with E-state index in [2.05, 4.69) is 16.9 Å². The zero-order chi connectivity index (χ0) is 17.4. The van der Waals surface area contributed by atoms with Crippen LogP contribution in [0.5, 0.6) is 0 Å². The molecule has 0 spiro atoms. The zero-order valence-electron chi connectivity index (χ0n) is 14.4. The third-order valence-corrected chi connectivity index (χ3v) is 6.08. The molecule has 0 aromatic carbocycles. The number of aryl methyl sites for hydroxylation is 3. The molecule has 3 heterocycles. The number of aromatic nitrogens is 2. The summed E-state index contributed by atoms with van der Waals surface area (Å²) in [5, 5.41) is 0.673. The normalized spacial score (nSPS) is 20.9. The average Bonchev–Trinajstić information content (AvgIpc) is 3.05. The number of carbonyl (C=O) groups excluding carboxylic acids is 1. The van der Waals surface area contributed by atoms with Crippen molar-refractivity contribution >= 4 is 27.5 Å². The summed E-state index contributed by atoms with van der Waals surface area (Å²) in [6, 6.07) is 0.239. The summed E-state index contributed by atoms with van der Waals surface area (Å²) in [5.74, 6) is 1.10. The van der Waals surface area contributed by atoms with Gasteiger partial charge in [0, 0.05) is 30.3 Å². The summed E-state index contributed by atoms with van der Waals surface area (Å²) in [4.78, 5) is 35.9. The van der Waals surface area contributed by atoms with Gasteiger partial charge < -0.3 is 15.6 Å². The molecule has 24 heavy (non-hydrogen) atoms. The van der Waals surface area contributed by atoms with Crippen LogP contribution in [0, 0.1) is 19.8 Å². The monoisotopic (exact) mass is 348 g/mol. The molecule has 1 aliphatic heterocycles. The van der Waals surface area contributed by atoms with E-state index in [-0.39, 0.29) is 17.5 Å². The number of nitrogens with one attached hydrogen (secondary N) is 1. The number of aromatic amines is 1. The predicted molar refractivity (Wildman–Crippen MR) is 96.4 cm³/mol. The summed E-state index contributed by atoms with van der Waals surface area (Å²) in [5.41, 5.74) is 6.60. The highest BCUT2D eigenvalue weighted by Gasteiger charge is 2.31. The van der Waals surface area contributed by atoms with E-state index in [9.17, 15) is 9.59 Å². The maximum absolute atomic E-state index is 12.5. The van der Waals surface area contributed by atoms with Crippen molar-refractivity contribution in [2.45, 2.75) is 46.1 Å². The molecule has 1 amide bonds. The van der Waals surface area contributed by atoms with Crippen molar-refractivity contribution in [1.82, 2.24) is 14.9 Å². The van der Waals surface area contributed by atoms with Gasteiger partial charge in [-0.25, -0.2) is 4.98 Å². The van der Waals surface area contributed by atoms with Crippen LogP contribution in [-0.2, 0) is 11.2 Å². The van der Waals surface area contributed by atoms with Crippen LogP contribution >= 0.6 is 11.3 Å². The van der Waals surface area contributed by atoms with Crippen molar-refractivity contribution in [3.05, 3.63) is 26.6 Å². The number of thiophene rings is 1. The average molecular weight is 348 g/mol. The summed E-state index contributed by atoms with van der Waals surface area (Å²) < 4.78 is 0. The van der Waals surface area contributed by atoms with Gasteiger partial charge in [0.1, 0.15) is 10.7 Å². The van der Waals surface area contributed by atoms with Crippen LogP contribution < -0.4 is 11.3 Å². The second-order valence-electron chi connectivity index (χ2n) is 6.71. The van der Waals surface area contributed by atoms with Gasteiger partial charge >= 0.3 is 0 Å². The number of amides is 1. The quantitative estimate of drug-likeness (QED) is 0.880. The van der Waals surface area contributed by atoms with E-state index in [0.29, 0.717) is 36.5 Å². The van der Waals surface area contributed by atoms with Gasteiger partial charge in [0.25, 0.3) is 5.56 Å². The molecule has 1 saturated heterocycles. The molecule has 2 atom stereocenters. The van der Waals surface area contributed by atoms with Gasteiger partial charge in [-0.05, 0) is 45.2 Å². The number of fused-ring (bicyclic) bond motifs is 1. The molecule has 0 radical (unpaired) electrons. The first-order valence-electron chi connectivity index (χ1n) is 8.39. The van der Waals surface area contributed by atoms with E-state index in [4.69, 9.17) is 5.73 Å². The zero-order valence-corrected chi connectivity index (χ0v) is 15.2. The Labute approximate surface area is 145 Å². The molecular weight excluding hydrogens is 324 g/mol. The van der Waals surface area contributed by atoms with Crippen molar-refractivity contribution < 1.29 is 4.79 Å². The van der Waals surface area contributed by atoms with Crippen molar-refractivity contribution in [3.63, 3.8) is 0 Å². The Morgan fingerprint density at radius 3 is 2.88 bits per heavy atom. The molecule has 0 aliphatic carbocycles. The molecule has 0 saturated carbocycles. The number of hydrogen-bond acceptors (Lipinski definition) is 5. The van der Waals surface area contributed by atoms with E-state index in [0.717, 1.165) is 28.2 Å². The minimum Gasteiger partial charge on any atom is -0.340 e. The number of hydrogen-bond donors (Lipinski definition) is 2. The Bertz CT molecular complexity index is 826. The van der Waals surface area contributed by atoms with E-state index >= 15 is 0 Å². The first-order chi connectivity index (χ1) is 11.4. The second kappa shape index (κ2) is 6.64. The van der Waals surface area contributed by atoms with Gasteiger partial charge in [0.15, 0.2) is 0 Å². The van der Waals surface area contributed by atoms with Crippen molar-refractivity contribution in [2.24, 2.45) is 11.7 Å². The molecule has 0 bridgehead atoms. The first-order valence-corrected chi connectivity index (χ1v) is 9.20. The number of carbonyl (C=O) groups is 1. The molecule has 6 nitrogen and oxygen atoms in total. The Morgan fingerprint density at radius 1 is 1.46 bits per heavy atom. The van der Waals surface area contributed by atoms with E-state index < -0.39 is 0 Å². The maximum Gasteiger partial charge on any atom is 0.259 e. The summed E-state index contributed by atoms with van der Waals surface area (Å²) in [7, 11) is 0. The Kier molecular flexibility index (Phi) is 4.73. The van der Waals surface area contributed by atoms with E-state index in [1.165, 1.54) is 11.3 Å². The molecule has 130 valence electrons. The smallest absolute Gasteiger partial charge is 0.259 e. The number of nitrogens with zero attached hydrogens (tertiary/aromatic N) is 2. The first kappa shape index (κ1) is 17.1. The molecule has 3 rings (SSSR count). The number of H-pyrrole nitrogens is 1. The van der Waals surface area contributed by atoms with Gasteiger partial charge in [-0.1, -0.05) is 0 Å². The van der Waals surface area contributed by atoms with E-state index in [1.54, 1.807) is 0 Å². The fourth-order valence-corrected chi connectivity index (χ4v) is 4.50. The molecule has 3 N–H and O–H groups in total. The minimum atomic E-state index is -0.109. The third kappa shape index (κ3) is 3.10. The molecule has 2 aromatic rings. The summed E-state index contributed by atoms with van der Waals surface area (Å²) in [6.07, 6.45) is 1.78. The largest absolute Gasteiger partial charge is 0.340 e. The summed E-state index contributed by atoms with van der Waals surface area (Å²) in [6.45, 7) is 7.36. The lowest BCUT2D eigenvalue weighted by molar-refractivity contribution is -0.131. The highest BCUT2D eigenvalue weighted by molar-refractivity contribution is 7.18. The second-order valence-corrected chi connectivity index (χ2v) is 7.91. The Balaban J connectivity index is 1.72. The van der Waals surface area contributed by atoms with Crippen LogP contribution in [0.3, 0.4) is 0 Å². The lowest BCUT2D eigenvalue weighted by atomic mass is 10.1. The minimum absolute atomic E-state index is 0.109. The lowest BCUT2D eigenvalue weighted by Gasteiger charge is -2.21. The number of nitrogens with two attached hydrogens (primary N) is 1. The predicted octanol–water partition coefficient (Wildman–Crippen LogP) is 1.73. The molecule has 1 aliphatic rings. The molecule has 2 aromatic heterocycles. The molecule has 1 fully saturated rings. The topological polar surface area (TPSA) is 92.1 Å². The third-order valence-electron chi connectivity index (χ3n) is 4.98. The van der Waals surface area contributed by atoms with Crippen LogP contribution in [0.4, 0.5) is 0 Å². The summed E-state index contributed by atoms with van der Waals surface area (Å²) >= 11 is 1.53. The fraction of sp³-hybridized carbons (Fsp3) is 0.588. The van der Waals surface area contributed by atoms with Gasteiger partial charge in [0.05, 0.1) is 5.39 Å². The molecule has 7 heteroatoms. The highest BCUT2D eigenvalue weighted by atomic mass is 32.1. The Morgan fingerprint density at radius 2 is 2.21 bits per heavy atom. The standard InChI is InChI=1S/C17H24N4O2S/c1-9-6-12(7-18)8-21(9)14(22)5-4-13-19-16(23)15-10(2)11(3)24-17(15)20-13/h9,12H,4-8,18H2,1-3H3,(H,19,20,23). The van der Waals surface area contributed by atoms with Crippen LogP contribution in [-0.4, -0.2) is 39.9 Å². The number of likely N-dealkylation sites (tertiary alicyclic amines) is 1. The van der Waals surface area contributed by atoms with Crippen LogP contribution in [0.25, 0.3) is 10.2 Å². The van der Waals surface area contributed by atoms with Gasteiger partial charge in [-0.15, -0.1) is 11.3 Å². The van der Waals surface area contributed by atoms with Crippen LogP contribution in [0.15, 0.2) is 4.79 Å². The SMILES string of the molecule is Cc1sc2nc(CCC(=O)N3CC(CN)CC3C)[nH]c(=O)c2c1C. The number of rotatable bonds is 4. The van der Waals surface area contributed by atoms with Crippen LogP contribution in [0.1, 0.15) is 36.0 Å². The van der Waals surface area contributed by atoms with Gasteiger partial charge in [0.2, 0.25) is 5.91 Å². The van der Waals surface area contributed by atoms with Crippen LogP contribution in [0.2, 0.25) is 0 Å². The molecular formula is C17H24N4O2S. The van der Waals surface area contributed by atoms with Gasteiger partial charge in [-0.3, -0.25) is 9.59 Å².